The third kappa shape index (κ3) is 2.51. The lowest BCUT2D eigenvalue weighted by atomic mass is 10.1. The zero-order valence-corrected chi connectivity index (χ0v) is 8.74. The number of rotatable bonds is 2. The van der Waals surface area contributed by atoms with E-state index in [1.54, 1.807) is 0 Å². The Morgan fingerprint density at radius 3 is 2.43 bits per heavy atom. The lowest BCUT2D eigenvalue weighted by Gasteiger charge is -2.25. The van der Waals surface area contributed by atoms with Gasteiger partial charge in [0.1, 0.15) is 5.82 Å². The van der Waals surface area contributed by atoms with E-state index in [-0.39, 0.29) is 0 Å². The van der Waals surface area contributed by atoms with Crippen LogP contribution in [0, 0.1) is 6.92 Å². The van der Waals surface area contributed by atoms with Gasteiger partial charge in [-0.3, -0.25) is 4.90 Å². The molecule has 14 heavy (non-hydrogen) atoms. The first-order valence-electron chi connectivity index (χ1n) is 5.34. The van der Waals surface area contributed by atoms with Crippen molar-refractivity contribution in [2.75, 3.05) is 13.1 Å². The van der Waals surface area contributed by atoms with E-state index in [0.717, 1.165) is 17.9 Å². The van der Waals surface area contributed by atoms with Crippen molar-refractivity contribution in [3.8, 4) is 0 Å². The van der Waals surface area contributed by atoms with Crippen molar-refractivity contribution in [2.45, 2.75) is 32.7 Å². The van der Waals surface area contributed by atoms with E-state index in [2.05, 4.69) is 14.9 Å². The molecule has 1 aromatic heterocycles. The molecule has 0 aliphatic carbocycles. The van der Waals surface area contributed by atoms with Gasteiger partial charge in [-0.2, -0.15) is 0 Å². The molecule has 1 saturated heterocycles. The van der Waals surface area contributed by atoms with Crippen LogP contribution in [0.3, 0.4) is 0 Å². The van der Waals surface area contributed by atoms with Gasteiger partial charge in [0.15, 0.2) is 0 Å². The monoisotopic (exact) mass is 191 g/mol. The fourth-order valence-corrected chi connectivity index (χ4v) is 1.82. The van der Waals surface area contributed by atoms with Crippen molar-refractivity contribution in [3.63, 3.8) is 0 Å². The van der Waals surface area contributed by atoms with Crippen LogP contribution in [0.5, 0.6) is 0 Å². The summed E-state index contributed by atoms with van der Waals surface area (Å²) in [6.45, 7) is 5.35. The second-order valence-corrected chi connectivity index (χ2v) is 4.01. The van der Waals surface area contributed by atoms with Gasteiger partial charge in [0, 0.05) is 12.4 Å². The van der Waals surface area contributed by atoms with E-state index in [1.165, 1.54) is 32.4 Å². The molecule has 0 N–H and O–H groups in total. The Hall–Kier alpha value is -0.960. The first kappa shape index (κ1) is 9.59. The van der Waals surface area contributed by atoms with Crippen molar-refractivity contribution in [1.82, 2.24) is 14.9 Å². The zero-order chi connectivity index (χ0) is 9.80. The van der Waals surface area contributed by atoms with Gasteiger partial charge in [-0.15, -0.1) is 0 Å². The summed E-state index contributed by atoms with van der Waals surface area (Å²) >= 11 is 0. The van der Waals surface area contributed by atoms with Gasteiger partial charge in [-0.05, 0) is 38.4 Å². The summed E-state index contributed by atoms with van der Waals surface area (Å²) in [6.07, 6.45) is 7.82. The van der Waals surface area contributed by atoms with Crippen LogP contribution >= 0.6 is 0 Å². The molecule has 1 aliphatic heterocycles. The van der Waals surface area contributed by atoms with Crippen LogP contribution < -0.4 is 0 Å². The number of aryl methyl sites for hydroxylation is 1. The average molecular weight is 191 g/mol. The van der Waals surface area contributed by atoms with Gasteiger partial charge in [-0.1, -0.05) is 6.42 Å². The van der Waals surface area contributed by atoms with Crippen molar-refractivity contribution < 1.29 is 0 Å². The topological polar surface area (TPSA) is 29.0 Å². The molecule has 3 heteroatoms. The number of likely N-dealkylation sites (tertiary alicyclic amines) is 1. The molecule has 0 aromatic carbocycles. The molecule has 76 valence electrons. The van der Waals surface area contributed by atoms with Crippen molar-refractivity contribution in [1.29, 1.82) is 0 Å². The van der Waals surface area contributed by atoms with E-state index in [0.29, 0.717) is 0 Å². The molecular formula is C11H17N3. The lowest BCUT2D eigenvalue weighted by Crippen LogP contribution is -2.29. The second-order valence-electron chi connectivity index (χ2n) is 4.01. The van der Waals surface area contributed by atoms with Gasteiger partial charge >= 0.3 is 0 Å². The number of hydrogen-bond donors (Lipinski definition) is 0. The first-order valence-corrected chi connectivity index (χ1v) is 5.34. The summed E-state index contributed by atoms with van der Waals surface area (Å²) in [5, 5.41) is 0. The highest BCUT2D eigenvalue weighted by molar-refractivity contribution is 5.01. The van der Waals surface area contributed by atoms with Crippen LogP contribution in [0.2, 0.25) is 0 Å². The largest absolute Gasteiger partial charge is 0.296 e. The van der Waals surface area contributed by atoms with Gasteiger partial charge in [-0.25, -0.2) is 9.97 Å². The SMILES string of the molecule is Cc1cnc(CN2CCCCC2)nc1. The molecule has 0 saturated carbocycles. The van der Waals surface area contributed by atoms with E-state index < -0.39 is 0 Å². The van der Waals surface area contributed by atoms with Crippen molar-refractivity contribution >= 4 is 0 Å². The lowest BCUT2D eigenvalue weighted by molar-refractivity contribution is 0.216. The fourth-order valence-electron chi connectivity index (χ4n) is 1.82. The highest BCUT2D eigenvalue weighted by Crippen LogP contribution is 2.10. The molecule has 2 heterocycles. The van der Waals surface area contributed by atoms with Gasteiger partial charge in [0.2, 0.25) is 0 Å². The predicted octanol–water partition coefficient (Wildman–Crippen LogP) is 1.77. The van der Waals surface area contributed by atoms with Gasteiger partial charge in [0.05, 0.1) is 6.54 Å². The number of nitrogens with zero attached hydrogens (tertiary/aromatic N) is 3. The van der Waals surface area contributed by atoms with Crippen molar-refractivity contribution in [2.24, 2.45) is 0 Å². The normalized spacial score (nSPS) is 18.4. The average Bonchev–Trinajstić information content (AvgIpc) is 2.23. The van der Waals surface area contributed by atoms with Crippen LogP contribution in [0.25, 0.3) is 0 Å². The van der Waals surface area contributed by atoms with Gasteiger partial charge in [0.25, 0.3) is 0 Å². The predicted molar refractivity (Wildman–Crippen MR) is 55.9 cm³/mol. The molecule has 0 bridgehead atoms. The maximum atomic E-state index is 4.32. The van der Waals surface area contributed by atoms with E-state index >= 15 is 0 Å². The van der Waals surface area contributed by atoms with Crippen LogP contribution in [0.15, 0.2) is 12.4 Å². The van der Waals surface area contributed by atoms with Crippen LogP contribution in [0.1, 0.15) is 30.7 Å². The molecule has 1 aliphatic rings. The standard InChI is InChI=1S/C11H17N3/c1-10-7-12-11(13-8-10)9-14-5-3-2-4-6-14/h7-8H,2-6,9H2,1H3. The third-order valence-electron chi connectivity index (χ3n) is 2.65. The summed E-state index contributed by atoms with van der Waals surface area (Å²) in [5.41, 5.74) is 1.13. The molecule has 0 unspecified atom stereocenters. The number of hydrogen-bond acceptors (Lipinski definition) is 3. The van der Waals surface area contributed by atoms with Crippen LogP contribution in [-0.4, -0.2) is 28.0 Å². The van der Waals surface area contributed by atoms with Gasteiger partial charge < -0.3 is 0 Å². The molecule has 3 nitrogen and oxygen atoms in total. The summed E-state index contributed by atoms with van der Waals surface area (Å²) in [4.78, 5) is 11.1. The molecule has 1 fully saturated rings. The first-order chi connectivity index (χ1) is 6.84. The summed E-state index contributed by atoms with van der Waals surface area (Å²) in [7, 11) is 0. The maximum Gasteiger partial charge on any atom is 0.142 e. The van der Waals surface area contributed by atoms with E-state index in [1.807, 2.05) is 19.3 Å². The zero-order valence-electron chi connectivity index (χ0n) is 8.74. The van der Waals surface area contributed by atoms with E-state index in [4.69, 9.17) is 0 Å². The highest BCUT2D eigenvalue weighted by atomic mass is 15.1. The highest BCUT2D eigenvalue weighted by Gasteiger charge is 2.11. The molecule has 0 spiro atoms. The molecule has 0 radical (unpaired) electrons. The summed E-state index contributed by atoms with van der Waals surface area (Å²) < 4.78 is 0. The molecule has 0 amide bonds. The molecule has 1 aromatic rings. The summed E-state index contributed by atoms with van der Waals surface area (Å²) in [5.74, 6) is 0.956. The maximum absolute atomic E-state index is 4.32. The Kier molecular flexibility index (Phi) is 3.09. The van der Waals surface area contributed by atoms with Crippen LogP contribution in [-0.2, 0) is 6.54 Å². The smallest absolute Gasteiger partial charge is 0.142 e. The Morgan fingerprint density at radius 2 is 1.79 bits per heavy atom. The Bertz CT molecular complexity index is 275. The molecule has 0 atom stereocenters. The Morgan fingerprint density at radius 1 is 1.14 bits per heavy atom. The third-order valence-corrected chi connectivity index (χ3v) is 2.65. The quantitative estimate of drug-likeness (QED) is 0.713. The minimum absolute atomic E-state index is 0.917. The molecule has 2 rings (SSSR count). The Balaban J connectivity index is 1.92. The molecular weight excluding hydrogens is 174 g/mol. The minimum atomic E-state index is 0.917. The minimum Gasteiger partial charge on any atom is -0.296 e. The summed E-state index contributed by atoms with van der Waals surface area (Å²) in [6, 6.07) is 0. The number of piperidine rings is 1. The van der Waals surface area contributed by atoms with E-state index in [9.17, 15) is 0 Å². The second kappa shape index (κ2) is 4.51. The Labute approximate surface area is 85.2 Å². The number of aromatic nitrogens is 2. The fraction of sp³-hybridized carbons (Fsp3) is 0.636. The van der Waals surface area contributed by atoms with Crippen molar-refractivity contribution in [3.05, 3.63) is 23.8 Å². The van der Waals surface area contributed by atoms with Crippen LogP contribution in [0.4, 0.5) is 0 Å².